The van der Waals surface area contributed by atoms with E-state index >= 15 is 0 Å². The van der Waals surface area contributed by atoms with Gasteiger partial charge in [0.25, 0.3) is 10.0 Å². The van der Waals surface area contributed by atoms with Gasteiger partial charge in [0.2, 0.25) is 0 Å². The largest absolute Gasteiger partial charge is 0.478 e. The first-order valence-electron chi connectivity index (χ1n) is 4.91. The Bertz CT molecular complexity index is 652. The van der Waals surface area contributed by atoms with Crippen molar-refractivity contribution in [3.8, 4) is 0 Å². The fourth-order valence-electron chi connectivity index (χ4n) is 1.70. The number of nitrogens with zero attached hydrogens (tertiary/aromatic N) is 2. The molecule has 1 aliphatic rings. The van der Waals surface area contributed by atoms with Crippen LogP contribution in [-0.2, 0) is 10.0 Å². The van der Waals surface area contributed by atoms with Crippen molar-refractivity contribution in [2.75, 3.05) is 19.0 Å². The number of hydrogen-bond acceptors (Lipinski definition) is 4. The number of rotatable bonds is 1. The van der Waals surface area contributed by atoms with Crippen LogP contribution in [0, 0.1) is 0 Å². The summed E-state index contributed by atoms with van der Waals surface area (Å²) in [7, 11) is -1.35. The zero-order chi connectivity index (χ0) is 13.7. The summed E-state index contributed by atoms with van der Waals surface area (Å²) in [5.74, 6) is -1.19. The SMILES string of the molecule is CN1C(=O)N(C)S(=O)(=O)c2ccc(C(=O)O)cc21. The molecule has 96 valence electrons. The topological polar surface area (TPSA) is 95.0 Å². The molecule has 0 aliphatic carbocycles. The molecule has 1 aliphatic heterocycles. The molecular weight excluding hydrogens is 260 g/mol. The molecule has 0 saturated heterocycles. The van der Waals surface area contributed by atoms with E-state index in [2.05, 4.69) is 0 Å². The van der Waals surface area contributed by atoms with Crippen molar-refractivity contribution in [1.82, 2.24) is 4.31 Å². The summed E-state index contributed by atoms with van der Waals surface area (Å²) in [4.78, 5) is 23.6. The molecule has 1 heterocycles. The van der Waals surface area contributed by atoms with Gasteiger partial charge in [0.05, 0.1) is 11.3 Å². The smallest absolute Gasteiger partial charge is 0.337 e. The highest BCUT2D eigenvalue weighted by Gasteiger charge is 2.37. The van der Waals surface area contributed by atoms with Gasteiger partial charge < -0.3 is 5.11 Å². The van der Waals surface area contributed by atoms with Crippen molar-refractivity contribution >= 4 is 27.7 Å². The first kappa shape index (κ1) is 12.4. The summed E-state index contributed by atoms with van der Waals surface area (Å²) in [5.41, 5.74) is -0.00819. The molecule has 0 saturated carbocycles. The van der Waals surface area contributed by atoms with Crippen LogP contribution in [0.2, 0.25) is 0 Å². The number of anilines is 1. The van der Waals surface area contributed by atoms with Gasteiger partial charge in [-0.25, -0.2) is 22.3 Å². The van der Waals surface area contributed by atoms with Gasteiger partial charge >= 0.3 is 12.0 Å². The van der Waals surface area contributed by atoms with Gasteiger partial charge in [-0.3, -0.25) is 4.90 Å². The average Bonchev–Trinajstić information content (AvgIpc) is 2.33. The molecule has 2 rings (SSSR count). The number of sulfonamides is 1. The minimum Gasteiger partial charge on any atom is -0.478 e. The van der Waals surface area contributed by atoms with Crippen LogP contribution in [0.1, 0.15) is 10.4 Å². The molecule has 2 amide bonds. The predicted octanol–water partition coefficient (Wildman–Crippen LogP) is 0.575. The normalized spacial score (nSPS) is 17.6. The second-order valence-electron chi connectivity index (χ2n) is 3.80. The summed E-state index contributed by atoms with van der Waals surface area (Å²) in [5, 5.41) is 8.86. The number of benzene rings is 1. The van der Waals surface area contributed by atoms with Gasteiger partial charge in [-0.05, 0) is 18.2 Å². The van der Waals surface area contributed by atoms with Crippen molar-refractivity contribution in [3.63, 3.8) is 0 Å². The van der Waals surface area contributed by atoms with Gasteiger partial charge in [-0.1, -0.05) is 0 Å². The summed E-state index contributed by atoms with van der Waals surface area (Å²) in [6.45, 7) is 0. The maximum absolute atomic E-state index is 12.0. The number of carboxylic acids is 1. The number of fused-ring (bicyclic) bond motifs is 1. The van der Waals surface area contributed by atoms with Gasteiger partial charge in [0, 0.05) is 14.1 Å². The van der Waals surface area contributed by atoms with Crippen LogP contribution in [-0.4, -0.2) is 43.9 Å². The Balaban J connectivity index is 2.75. The molecule has 0 bridgehead atoms. The van der Waals surface area contributed by atoms with Crippen molar-refractivity contribution in [2.24, 2.45) is 0 Å². The van der Waals surface area contributed by atoms with Crippen LogP contribution in [0.15, 0.2) is 23.1 Å². The molecule has 1 aromatic carbocycles. The lowest BCUT2D eigenvalue weighted by Crippen LogP contribution is -2.46. The van der Waals surface area contributed by atoms with Crippen LogP contribution < -0.4 is 4.90 Å². The molecule has 0 fully saturated rings. The first-order valence-corrected chi connectivity index (χ1v) is 6.35. The molecule has 1 aromatic rings. The number of carbonyl (C=O) groups is 2. The summed E-state index contributed by atoms with van der Waals surface area (Å²) in [6, 6.07) is 2.81. The average molecular weight is 270 g/mol. The van der Waals surface area contributed by atoms with Crippen LogP contribution in [0.3, 0.4) is 0 Å². The lowest BCUT2D eigenvalue weighted by molar-refractivity contribution is 0.0696. The van der Waals surface area contributed by atoms with E-state index in [1.807, 2.05) is 0 Å². The Morgan fingerprint density at radius 3 is 2.44 bits per heavy atom. The third-order valence-electron chi connectivity index (χ3n) is 2.76. The van der Waals surface area contributed by atoms with E-state index in [-0.39, 0.29) is 16.1 Å². The molecule has 8 heteroatoms. The Morgan fingerprint density at radius 1 is 1.28 bits per heavy atom. The standard InChI is InChI=1S/C10H10N2O5S/c1-11-7-5-6(9(13)14)3-4-8(7)18(16,17)12(2)10(11)15/h3-5H,1-2H3,(H,13,14). The minimum absolute atomic E-state index is 0.0676. The van der Waals surface area contributed by atoms with E-state index in [1.165, 1.54) is 25.2 Å². The Kier molecular flexibility index (Phi) is 2.54. The van der Waals surface area contributed by atoms with Crippen LogP contribution in [0.25, 0.3) is 0 Å². The number of carboxylic acid groups (broad SMARTS) is 1. The Hall–Kier alpha value is -2.09. The fraction of sp³-hybridized carbons (Fsp3) is 0.200. The van der Waals surface area contributed by atoms with Crippen LogP contribution in [0.5, 0.6) is 0 Å². The Morgan fingerprint density at radius 2 is 1.89 bits per heavy atom. The quantitative estimate of drug-likeness (QED) is 0.805. The number of amides is 2. The lowest BCUT2D eigenvalue weighted by atomic mass is 10.2. The summed E-state index contributed by atoms with van der Waals surface area (Å²) in [6.07, 6.45) is 0. The Labute approximate surface area is 103 Å². The highest BCUT2D eigenvalue weighted by atomic mass is 32.2. The summed E-state index contributed by atoms with van der Waals surface area (Å²) >= 11 is 0. The van der Waals surface area contributed by atoms with E-state index in [9.17, 15) is 18.0 Å². The second kappa shape index (κ2) is 3.70. The molecule has 0 atom stereocenters. The molecule has 1 N–H and O–H groups in total. The maximum Gasteiger partial charge on any atom is 0.337 e. The molecular formula is C10H10N2O5S. The van der Waals surface area contributed by atoms with Crippen LogP contribution in [0.4, 0.5) is 10.5 Å². The van der Waals surface area contributed by atoms with E-state index in [0.717, 1.165) is 11.9 Å². The molecule has 0 spiro atoms. The van der Waals surface area contributed by atoms with E-state index in [1.54, 1.807) is 0 Å². The number of carbonyl (C=O) groups excluding carboxylic acids is 1. The first-order chi connectivity index (χ1) is 8.26. The maximum atomic E-state index is 12.0. The monoisotopic (exact) mass is 270 g/mol. The number of aromatic carboxylic acids is 1. The van der Waals surface area contributed by atoms with Crippen molar-refractivity contribution in [3.05, 3.63) is 23.8 Å². The summed E-state index contributed by atoms with van der Waals surface area (Å²) < 4.78 is 24.6. The highest BCUT2D eigenvalue weighted by Crippen LogP contribution is 2.33. The minimum atomic E-state index is -3.90. The number of urea groups is 1. The third-order valence-corrected chi connectivity index (χ3v) is 4.54. The van der Waals surface area contributed by atoms with Gasteiger partial charge in [0.1, 0.15) is 4.90 Å². The zero-order valence-electron chi connectivity index (χ0n) is 9.61. The van der Waals surface area contributed by atoms with Crippen molar-refractivity contribution in [1.29, 1.82) is 0 Å². The molecule has 0 unspecified atom stereocenters. The molecule has 18 heavy (non-hydrogen) atoms. The lowest BCUT2D eigenvalue weighted by Gasteiger charge is -2.31. The van der Waals surface area contributed by atoms with Crippen LogP contribution >= 0.6 is 0 Å². The van der Waals surface area contributed by atoms with Gasteiger partial charge in [-0.15, -0.1) is 0 Å². The molecule has 7 nitrogen and oxygen atoms in total. The van der Waals surface area contributed by atoms with Crippen molar-refractivity contribution < 1.29 is 23.1 Å². The number of hydrogen-bond donors (Lipinski definition) is 1. The van der Waals surface area contributed by atoms with E-state index in [4.69, 9.17) is 5.11 Å². The molecule has 0 radical (unpaired) electrons. The van der Waals surface area contributed by atoms with E-state index < -0.39 is 22.0 Å². The van der Waals surface area contributed by atoms with Gasteiger partial charge in [0.15, 0.2) is 0 Å². The predicted molar refractivity (Wildman–Crippen MR) is 62.1 cm³/mol. The third kappa shape index (κ3) is 1.53. The van der Waals surface area contributed by atoms with Crippen molar-refractivity contribution in [2.45, 2.75) is 4.90 Å². The molecule has 0 aromatic heterocycles. The van der Waals surface area contributed by atoms with Gasteiger partial charge in [-0.2, -0.15) is 0 Å². The van der Waals surface area contributed by atoms with E-state index in [0.29, 0.717) is 4.31 Å². The highest BCUT2D eigenvalue weighted by molar-refractivity contribution is 7.90. The zero-order valence-corrected chi connectivity index (χ0v) is 10.4. The second-order valence-corrected chi connectivity index (χ2v) is 5.74. The fourth-order valence-corrected chi connectivity index (χ4v) is 3.02.